The van der Waals surface area contributed by atoms with Gasteiger partial charge < -0.3 is 18.7 Å². The van der Waals surface area contributed by atoms with Crippen LogP contribution in [0.5, 0.6) is 0 Å². The summed E-state index contributed by atoms with van der Waals surface area (Å²) in [6.45, 7) is 12.9. The Bertz CT molecular complexity index is 1450. The van der Waals surface area contributed by atoms with Crippen molar-refractivity contribution in [3.63, 3.8) is 0 Å². The molecule has 5 rings (SSSR count). The van der Waals surface area contributed by atoms with Crippen LogP contribution in [0.3, 0.4) is 0 Å². The van der Waals surface area contributed by atoms with Gasteiger partial charge in [-0.25, -0.2) is 4.39 Å². The Labute approximate surface area is 274 Å². The van der Waals surface area contributed by atoms with E-state index in [1.54, 1.807) is 0 Å². The zero-order valence-corrected chi connectivity index (χ0v) is 29.7. The van der Waals surface area contributed by atoms with Crippen molar-refractivity contribution in [1.29, 1.82) is 0 Å². The second kappa shape index (κ2) is 12.9. The molecule has 4 aromatic rings. The molecule has 1 fully saturated rings. The lowest BCUT2D eigenvalue weighted by Gasteiger charge is -2.47. The fourth-order valence-electron chi connectivity index (χ4n) is 6.85. The van der Waals surface area contributed by atoms with Gasteiger partial charge in [0.05, 0.1) is 6.61 Å². The fraction of sp³-hybridized carbons (Fsp3) is 0.351. The van der Waals surface area contributed by atoms with Crippen molar-refractivity contribution in [3.8, 4) is 0 Å². The first-order valence-corrected chi connectivity index (χ1v) is 19.7. The topological polar surface area (TPSA) is 47.9 Å². The van der Waals surface area contributed by atoms with Gasteiger partial charge >= 0.3 is 0 Å². The van der Waals surface area contributed by atoms with Crippen molar-refractivity contribution in [3.05, 3.63) is 121 Å². The van der Waals surface area contributed by atoms with Crippen LogP contribution in [0, 0.1) is 0 Å². The molecule has 238 valence electrons. The van der Waals surface area contributed by atoms with Gasteiger partial charge in [-0.3, -0.25) is 0 Å². The molecule has 1 aliphatic rings. The third-order valence-electron chi connectivity index (χ3n) is 8.95. The van der Waals surface area contributed by atoms with E-state index in [1.807, 2.05) is 97.1 Å². The van der Waals surface area contributed by atoms with Crippen molar-refractivity contribution in [2.75, 3.05) is 6.61 Å². The monoisotopic (exact) mass is 662 g/mol. The van der Waals surface area contributed by atoms with Gasteiger partial charge in [-0.15, -0.1) is 0 Å². The summed E-state index contributed by atoms with van der Waals surface area (Å²) < 4.78 is 36.9. The van der Waals surface area contributed by atoms with Gasteiger partial charge in [0, 0.05) is 0 Å². The molecule has 0 aromatic heterocycles. The highest BCUT2D eigenvalue weighted by atomic mass is 35.5. The summed E-state index contributed by atoms with van der Waals surface area (Å²) in [4.78, 5) is 0. The molecule has 0 bridgehead atoms. The van der Waals surface area contributed by atoms with Gasteiger partial charge in [0.1, 0.15) is 12.2 Å². The maximum absolute atomic E-state index is 16.6. The van der Waals surface area contributed by atoms with Crippen molar-refractivity contribution in [2.45, 2.75) is 75.2 Å². The van der Waals surface area contributed by atoms with Crippen molar-refractivity contribution in [1.82, 2.24) is 0 Å². The van der Waals surface area contributed by atoms with Gasteiger partial charge in [-0.1, -0.05) is 174 Å². The van der Waals surface area contributed by atoms with Crippen LogP contribution < -0.4 is 20.7 Å². The maximum atomic E-state index is 16.6. The molecule has 0 amide bonds. The third-order valence-corrected chi connectivity index (χ3v) is 19.4. The Kier molecular flexibility index (Phi) is 9.65. The average molecular weight is 663 g/mol. The molecule has 4 atom stereocenters. The molecule has 3 unspecified atom stereocenters. The van der Waals surface area contributed by atoms with Crippen LogP contribution in [-0.2, 0) is 13.6 Å². The Morgan fingerprint density at radius 2 is 1.00 bits per heavy atom. The zero-order valence-electron chi connectivity index (χ0n) is 26.9. The first-order valence-electron chi connectivity index (χ1n) is 15.5. The van der Waals surface area contributed by atoms with Crippen LogP contribution in [-0.4, -0.2) is 52.0 Å². The standard InChI is InChI=1S/C37H44ClFO4Si2/c1-35(2,3)44(28-19-11-7-12-20-28,29-21-13-8-14-22-29)41-27-32-33(37(38,39)34(40)42-32)43-45(36(4,5)6,30-23-15-9-16-24-30)31-25-17-10-18-26-31/h7-26,32-34,40H,27H2,1-6H3/t32-,33?,34?,37?/m1/s1. The van der Waals surface area contributed by atoms with Crippen molar-refractivity contribution < 1.29 is 23.1 Å². The van der Waals surface area contributed by atoms with Gasteiger partial charge in [0.15, 0.2) is 0 Å². The summed E-state index contributed by atoms with van der Waals surface area (Å²) in [5.41, 5.74) is 0. The Morgan fingerprint density at radius 3 is 1.33 bits per heavy atom. The van der Waals surface area contributed by atoms with Gasteiger partial charge in [-0.2, -0.15) is 0 Å². The summed E-state index contributed by atoms with van der Waals surface area (Å²) in [5.74, 6) is 0. The Balaban J connectivity index is 1.62. The SMILES string of the molecule is CC(C)(C)[Si](OC[C@H]1OC(O)C(F)(Cl)C1O[Si](c1ccccc1)(c1ccccc1)C(C)(C)C)(c1ccccc1)c1ccccc1. The first kappa shape index (κ1) is 33.7. The molecule has 0 spiro atoms. The van der Waals surface area contributed by atoms with E-state index < -0.39 is 45.3 Å². The highest BCUT2D eigenvalue weighted by Crippen LogP contribution is 2.46. The molecular formula is C37H44ClFO4Si2. The minimum atomic E-state index is -3.27. The van der Waals surface area contributed by atoms with Crippen molar-refractivity contribution >= 4 is 49.0 Å². The normalized spacial score (nSPS) is 22.8. The molecule has 1 aliphatic heterocycles. The highest BCUT2D eigenvalue weighted by Gasteiger charge is 2.63. The number of benzene rings is 4. The lowest BCUT2D eigenvalue weighted by atomic mass is 10.1. The largest absolute Gasteiger partial charge is 0.405 e. The quantitative estimate of drug-likeness (QED) is 0.173. The van der Waals surface area contributed by atoms with Gasteiger partial charge in [0.2, 0.25) is 6.29 Å². The molecular weight excluding hydrogens is 619 g/mol. The molecule has 1 heterocycles. The number of hydrogen-bond acceptors (Lipinski definition) is 4. The molecule has 0 radical (unpaired) electrons. The molecule has 0 aliphatic carbocycles. The van der Waals surface area contributed by atoms with E-state index in [-0.39, 0.29) is 11.6 Å². The van der Waals surface area contributed by atoms with E-state index in [2.05, 4.69) is 65.8 Å². The summed E-state index contributed by atoms with van der Waals surface area (Å²) in [6, 6.07) is 40.4. The number of aliphatic hydroxyl groups is 1. The molecule has 1 N–H and O–H groups in total. The van der Waals surface area contributed by atoms with Crippen molar-refractivity contribution in [2.24, 2.45) is 0 Å². The number of ether oxygens (including phenoxy) is 1. The first-order chi connectivity index (χ1) is 21.2. The summed E-state index contributed by atoms with van der Waals surface area (Å²) >= 11 is 6.60. The Morgan fingerprint density at radius 1 is 0.667 bits per heavy atom. The molecule has 45 heavy (non-hydrogen) atoms. The van der Waals surface area contributed by atoms with Crippen LogP contribution in [0.4, 0.5) is 4.39 Å². The lowest BCUT2D eigenvalue weighted by Crippen LogP contribution is -2.70. The van der Waals surface area contributed by atoms with Gasteiger partial charge in [-0.05, 0) is 30.8 Å². The van der Waals surface area contributed by atoms with E-state index >= 15 is 4.39 Å². The van der Waals surface area contributed by atoms with Crippen LogP contribution in [0.15, 0.2) is 121 Å². The predicted molar refractivity (Wildman–Crippen MR) is 187 cm³/mol. The van der Waals surface area contributed by atoms with Crippen LogP contribution in [0.2, 0.25) is 10.1 Å². The number of halogens is 2. The minimum absolute atomic E-state index is 0.0222. The second-order valence-electron chi connectivity index (χ2n) is 13.9. The maximum Gasteiger partial charge on any atom is 0.261 e. The summed E-state index contributed by atoms with van der Waals surface area (Å²) in [7, 11) is -6.28. The molecule has 1 saturated heterocycles. The molecule has 8 heteroatoms. The second-order valence-corrected chi connectivity index (χ2v) is 23.0. The average Bonchev–Trinajstić information content (AvgIpc) is 3.23. The Hall–Kier alpha value is -2.63. The fourth-order valence-corrected chi connectivity index (χ4v) is 16.4. The zero-order chi connectivity index (χ0) is 32.5. The van der Waals surface area contributed by atoms with Crippen LogP contribution >= 0.6 is 11.6 Å². The minimum Gasteiger partial charge on any atom is -0.405 e. The molecule has 4 nitrogen and oxygen atoms in total. The predicted octanol–water partition coefficient (Wildman–Crippen LogP) is 6.13. The molecule has 0 saturated carbocycles. The van der Waals surface area contributed by atoms with E-state index in [4.69, 9.17) is 25.2 Å². The smallest absolute Gasteiger partial charge is 0.261 e. The summed E-state index contributed by atoms with van der Waals surface area (Å²) in [5, 5.41) is 11.6. The van der Waals surface area contributed by atoms with E-state index in [0.717, 1.165) is 20.7 Å². The van der Waals surface area contributed by atoms with Crippen LogP contribution in [0.1, 0.15) is 41.5 Å². The third kappa shape index (κ3) is 6.12. The number of rotatable bonds is 9. The van der Waals surface area contributed by atoms with Crippen LogP contribution in [0.25, 0.3) is 0 Å². The highest BCUT2D eigenvalue weighted by molar-refractivity contribution is 7.00. The van der Waals surface area contributed by atoms with Gasteiger partial charge in [0.25, 0.3) is 21.8 Å². The number of aliphatic hydroxyl groups excluding tert-OH is 1. The number of hydrogen-bond donors (Lipinski definition) is 1. The van der Waals surface area contributed by atoms with E-state index in [1.165, 1.54) is 0 Å². The molecule has 4 aromatic carbocycles. The lowest BCUT2D eigenvalue weighted by molar-refractivity contribution is -0.127. The number of alkyl halides is 2. The van der Waals surface area contributed by atoms with E-state index in [0.29, 0.717) is 0 Å². The van der Waals surface area contributed by atoms with E-state index in [9.17, 15) is 5.11 Å². The summed E-state index contributed by atoms with van der Waals surface area (Å²) in [6.07, 6.45) is -4.19.